The second kappa shape index (κ2) is 11.0. The van der Waals surface area contributed by atoms with Crippen molar-refractivity contribution in [1.29, 1.82) is 0 Å². The van der Waals surface area contributed by atoms with Gasteiger partial charge in [-0.15, -0.1) is 0 Å². The third-order valence-electron chi connectivity index (χ3n) is 6.69. The molecule has 3 heterocycles. The number of rotatable bonds is 7. The van der Waals surface area contributed by atoms with Crippen molar-refractivity contribution in [2.24, 2.45) is 0 Å². The smallest absolute Gasteiger partial charge is 0.337 e. The number of amides is 1. The van der Waals surface area contributed by atoms with Crippen LogP contribution in [0.25, 0.3) is 16.9 Å². The molecule has 220 valence electrons. The van der Waals surface area contributed by atoms with Crippen molar-refractivity contribution in [3.63, 3.8) is 0 Å². The van der Waals surface area contributed by atoms with Crippen LogP contribution in [-0.4, -0.2) is 50.3 Å². The fourth-order valence-corrected chi connectivity index (χ4v) is 4.83. The van der Waals surface area contributed by atoms with E-state index in [0.29, 0.717) is 35.7 Å². The Balaban J connectivity index is 1.66. The zero-order valence-electron chi connectivity index (χ0n) is 23.8. The topological polar surface area (TPSA) is 127 Å². The molecule has 4 aromatic rings. The van der Waals surface area contributed by atoms with E-state index in [1.165, 1.54) is 28.8 Å². The third-order valence-corrected chi connectivity index (χ3v) is 6.69. The number of fused-ring (bicyclic) bond motifs is 2. The summed E-state index contributed by atoms with van der Waals surface area (Å²) in [4.78, 5) is 30.2. The quantitative estimate of drug-likeness (QED) is 0.280. The molecule has 1 atom stereocenters. The first-order chi connectivity index (χ1) is 19.8. The van der Waals surface area contributed by atoms with Gasteiger partial charge in [0.2, 0.25) is 0 Å². The minimum absolute atomic E-state index is 0.0254. The average Bonchev–Trinajstić information content (AvgIpc) is 3.34. The number of benzene rings is 2. The second-order valence-electron chi connectivity index (χ2n) is 11.1. The first kappa shape index (κ1) is 28.9. The highest BCUT2D eigenvalue weighted by molar-refractivity contribution is 5.93. The van der Waals surface area contributed by atoms with Crippen LogP contribution in [0.5, 0.6) is 5.75 Å². The number of carbonyl (C=O) groups is 2. The maximum Gasteiger partial charge on any atom is 0.337 e. The van der Waals surface area contributed by atoms with Gasteiger partial charge in [0, 0.05) is 42.0 Å². The Morgan fingerprint density at radius 2 is 1.93 bits per heavy atom. The molecule has 0 radical (unpaired) electrons. The van der Waals surface area contributed by atoms with E-state index in [1.807, 2.05) is 0 Å². The van der Waals surface area contributed by atoms with Gasteiger partial charge < -0.3 is 25.2 Å². The van der Waals surface area contributed by atoms with E-state index in [1.54, 1.807) is 46.8 Å². The second-order valence-corrected chi connectivity index (χ2v) is 11.1. The van der Waals surface area contributed by atoms with Crippen molar-refractivity contribution in [2.75, 3.05) is 18.5 Å². The molecule has 2 aromatic carbocycles. The lowest BCUT2D eigenvalue weighted by atomic mass is 9.97. The molecular weight excluding hydrogens is 548 g/mol. The zero-order chi connectivity index (χ0) is 30.3. The molecule has 42 heavy (non-hydrogen) atoms. The van der Waals surface area contributed by atoms with Crippen LogP contribution in [0, 0.1) is 25.5 Å². The van der Waals surface area contributed by atoms with Crippen molar-refractivity contribution in [1.82, 2.24) is 19.9 Å². The van der Waals surface area contributed by atoms with E-state index >= 15 is 4.39 Å². The van der Waals surface area contributed by atoms with Crippen molar-refractivity contribution < 1.29 is 33.0 Å². The first-order valence-corrected chi connectivity index (χ1v) is 13.4. The molecule has 0 spiro atoms. The Labute approximate surface area is 240 Å². The summed E-state index contributed by atoms with van der Waals surface area (Å²) in [5, 5.41) is 20.6. The van der Waals surface area contributed by atoms with Crippen LogP contribution in [0.1, 0.15) is 59.7 Å². The Hall–Kier alpha value is -4.58. The van der Waals surface area contributed by atoms with Gasteiger partial charge in [0.05, 0.1) is 17.0 Å². The molecule has 1 aliphatic rings. The predicted molar refractivity (Wildman–Crippen MR) is 151 cm³/mol. The van der Waals surface area contributed by atoms with E-state index in [0.717, 1.165) is 0 Å². The molecule has 0 aliphatic carbocycles. The summed E-state index contributed by atoms with van der Waals surface area (Å²) in [6, 6.07) is 8.71. The number of aliphatic carboxylic acids is 1. The molecule has 0 bridgehead atoms. The highest BCUT2D eigenvalue weighted by Gasteiger charge is 2.34. The van der Waals surface area contributed by atoms with Gasteiger partial charge in [-0.3, -0.25) is 4.79 Å². The molecule has 2 aromatic heterocycles. The maximum absolute atomic E-state index is 15.8. The SMILES string of the molecule is Cc1cc(CNC(=O)c2cc3nc(C)c([C@H](OC(C)(C)C)C(=O)O)c(-c4cc5c(cc4F)OCCN5)n3n2)ccc1F. The summed E-state index contributed by atoms with van der Waals surface area (Å²) in [6.45, 7) is 9.35. The molecule has 12 heteroatoms. The van der Waals surface area contributed by atoms with Crippen LogP contribution in [-0.2, 0) is 16.1 Å². The molecule has 0 unspecified atom stereocenters. The fraction of sp³-hybridized carbons (Fsp3) is 0.333. The number of nitrogens with one attached hydrogen (secondary N) is 2. The van der Waals surface area contributed by atoms with Gasteiger partial charge >= 0.3 is 5.97 Å². The minimum Gasteiger partial charge on any atom is -0.489 e. The van der Waals surface area contributed by atoms with Crippen molar-refractivity contribution in [2.45, 2.75) is 52.9 Å². The van der Waals surface area contributed by atoms with E-state index in [2.05, 4.69) is 20.7 Å². The number of carboxylic acid groups (broad SMARTS) is 1. The van der Waals surface area contributed by atoms with Crippen LogP contribution < -0.4 is 15.4 Å². The molecule has 3 N–H and O–H groups in total. The molecule has 1 aliphatic heterocycles. The minimum atomic E-state index is -1.53. The molecular formula is C30H31F2N5O5. The van der Waals surface area contributed by atoms with Crippen molar-refractivity contribution >= 4 is 23.2 Å². The summed E-state index contributed by atoms with van der Waals surface area (Å²) in [7, 11) is 0. The van der Waals surface area contributed by atoms with Crippen LogP contribution in [0.3, 0.4) is 0 Å². The predicted octanol–water partition coefficient (Wildman–Crippen LogP) is 4.97. The monoisotopic (exact) mass is 579 g/mol. The van der Waals surface area contributed by atoms with E-state index < -0.39 is 29.4 Å². The normalized spacial score (nSPS) is 13.7. The van der Waals surface area contributed by atoms with E-state index in [9.17, 15) is 19.1 Å². The molecule has 10 nitrogen and oxygen atoms in total. The molecule has 0 fully saturated rings. The lowest BCUT2D eigenvalue weighted by Crippen LogP contribution is -2.29. The summed E-state index contributed by atoms with van der Waals surface area (Å²) < 4.78 is 42.2. The number of carboxylic acids is 1. The Kier molecular flexibility index (Phi) is 7.58. The number of aromatic nitrogens is 3. The number of carbonyl (C=O) groups excluding carboxylic acids is 1. The van der Waals surface area contributed by atoms with Crippen molar-refractivity contribution in [3.8, 4) is 17.0 Å². The van der Waals surface area contributed by atoms with E-state index in [-0.39, 0.29) is 46.2 Å². The lowest BCUT2D eigenvalue weighted by Gasteiger charge is -2.28. The number of ether oxygens (including phenoxy) is 2. The lowest BCUT2D eigenvalue weighted by molar-refractivity contribution is -0.160. The number of hydrogen-bond donors (Lipinski definition) is 3. The summed E-state index contributed by atoms with van der Waals surface area (Å²) in [5.41, 5.74) is 1.43. The van der Waals surface area contributed by atoms with Crippen LogP contribution in [0.4, 0.5) is 14.5 Å². The largest absolute Gasteiger partial charge is 0.489 e. The van der Waals surface area contributed by atoms with E-state index in [4.69, 9.17) is 9.47 Å². The van der Waals surface area contributed by atoms with Crippen LogP contribution in [0.15, 0.2) is 36.4 Å². The number of anilines is 1. The van der Waals surface area contributed by atoms with Crippen LogP contribution in [0.2, 0.25) is 0 Å². The van der Waals surface area contributed by atoms with Gasteiger partial charge in [0.15, 0.2) is 17.4 Å². The van der Waals surface area contributed by atoms with Gasteiger partial charge in [-0.25, -0.2) is 23.1 Å². The molecule has 0 saturated carbocycles. The first-order valence-electron chi connectivity index (χ1n) is 13.4. The maximum atomic E-state index is 15.8. The Morgan fingerprint density at radius 3 is 2.62 bits per heavy atom. The highest BCUT2D eigenvalue weighted by Crippen LogP contribution is 2.40. The van der Waals surface area contributed by atoms with Gasteiger partial charge in [0.25, 0.3) is 5.91 Å². The summed E-state index contributed by atoms with van der Waals surface area (Å²) in [6.07, 6.45) is -1.53. The van der Waals surface area contributed by atoms with Gasteiger partial charge in [-0.05, 0) is 57.9 Å². The van der Waals surface area contributed by atoms with Gasteiger partial charge in [0.1, 0.15) is 24.0 Å². The number of aryl methyl sites for hydroxylation is 2. The summed E-state index contributed by atoms with van der Waals surface area (Å²) >= 11 is 0. The van der Waals surface area contributed by atoms with Gasteiger partial charge in [-0.2, -0.15) is 5.10 Å². The fourth-order valence-electron chi connectivity index (χ4n) is 4.83. The van der Waals surface area contributed by atoms with Gasteiger partial charge in [-0.1, -0.05) is 12.1 Å². The van der Waals surface area contributed by atoms with Crippen LogP contribution >= 0.6 is 0 Å². The van der Waals surface area contributed by atoms with Crippen molar-refractivity contribution in [3.05, 3.63) is 76.1 Å². The third kappa shape index (κ3) is 5.75. The number of halogens is 2. The Morgan fingerprint density at radius 1 is 1.17 bits per heavy atom. The summed E-state index contributed by atoms with van der Waals surface area (Å²) in [5.74, 6) is -2.55. The molecule has 5 rings (SSSR count). The molecule has 0 saturated heterocycles. The average molecular weight is 580 g/mol. The standard InChI is InChI=1S/C30H31F2N5O5/c1-15-10-17(6-7-19(15)31)14-34-28(38)22-13-24-35-16(2)25(27(29(39)40)42-30(3,4)5)26(37(24)36-22)18-11-21-23(12-20(18)32)41-9-8-33-21/h6-7,10-13,27,33H,8-9,14H2,1-5H3,(H,34,38)(H,39,40)/t27-/m0/s1. The highest BCUT2D eigenvalue weighted by atomic mass is 19.1. The zero-order valence-corrected chi connectivity index (χ0v) is 23.8. The number of hydrogen-bond acceptors (Lipinski definition) is 7. The Bertz CT molecular complexity index is 1710. The molecule has 1 amide bonds. The number of nitrogens with zero attached hydrogens (tertiary/aromatic N) is 3.